The molecule has 1 heterocycles. The van der Waals surface area contributed by atoms with Gasteiger partial charge in [0.25, 0.3) is 0 Å². The van der Waals surface area contributed by atoms with Crippen LogP contribution in [-0.4, -0.2) is 43.5 Å². The molecule has 0 fully saturated rings. The number of carboxylic acid groups (broad SMARTS) is 1. The zero-order valence-electron chi connectivity index (χ0n) is 21.7. The highest BCUT2D eigenvalue weighted by atomic mass is 35.5. The number of hydrogen-bond donors (Lipinski definition) is 3. The van der Waals surface area contributed by atoms with E-state index in [0.717, 1.165) is 22.5 Å². The van der Waals surface area contributed by atoms with Gasteiger partial charge in [-0.25, -0.2) is 9.78 Å². The Morgan fingerprint density at radius 2 is 1.36 bits per heavy atom. The molecule has 204 valence electrons. The largest absolute Gasteiger partial charge is 0.480 e. The Hall–Kier alpha value is -3.20. The van der Waals surface area contributed by atoms with Crippen LogP contribution in [0.15, 0.2) is 103 Å². The number of aliphatic carboxylic acids is 1. The van der Waals surface area contributed by atoms with Gasteiger partial charge in [0.15, 0.2) is 0 Å². The number of nitrogens with zero attached hydrogens (tertiary/aromatic N) is 1. The summed E-state index contributed by atoms with van der Waals surface area (Å²) in [6.45, 7) is 3.59. The van der Waals surface area contributed by atoms with Crippen LogP contribution in [0.3, 0.4) is 0 Å². The van der Waals surface area contributed by atoms with E-state index in [1.165, 1.54) is 23.5 Å². The van der Waals surface area contributed by atoms with Crippen molar-refractivity contribution in [2.24, 2.45) is 0 Å². The SMILES string of the molecule is CC(C)(SCc1ncc[nH]1)C(=O)N[C@@H](CSC(c1ccccc1)(c1ccccc1)c1ccccc1)C(=O)O.Cl. The summed E-state index contributed by atoms with van der Waals surface area (Å²) in [6.07, 6.45) is 3.40. The number of carboxylic acids is 1. The minimum atomic E-state index is -1.08. The van der Waals surface area contributed by atoms with Crippen LogP contribution in [0, 0.1) is 0 Å². The van der Waals surface area contributed by atoms with E-state index in [1.54, 1.807) is 26.2 Å². The third-order valence-corrected chi connectivity index (χ3v) is 9.25. The van der Waals surface area contributed by atoms with Crippen molar-refractivity contribution in [2.75, 3.05) is 5.75 Å². The van der Waals surface area contributed by atoms with Gasteiger partial charge in [0, 0.05) is 18.1 Å². The van der Waals surface area contributed by atoms with Gasteiger partial charge < -0.3 is 15.4 Å². The van der Waals surface area contributed by atoms with E-state index in [1.807, 2.05) is 54.6 Å². The molecule has 9 heteroatoms. The number of rotatable bonds is 12. The number of aromatic amines is 1. The van der Waals surface area contributed by atoms with Crippen molar-refractivity contribution >= 4 is 47.8 Å². The Morgan fingerprint density at radius 3 is 1.77 bits per heavy atom. The van der Waals surface area contributed by atoms with Crippen LogP contribution in [0.2, 0.25) is 0 Å². The van der Waals surface area contributed by atoms with Crippen molar-refractivity contribution < 1.29 is 14.7 Å². The van der Waals surface area contributed by atoms with E-state index >= 15 is 0 Å². The van der Waals surface area contributed by atoms with Gasteiger partial charge in [0.1, 0.15) is 11.9 Å². The van der Waals surface area contributed by atoms with Gasteiger partial charge in [0.05, 0.1) is 15.2 Å². The van der Waals surface area contributed by atoms with Crippen molar-refractivity contribution in [3.05, 3.63) is 126 Å². The van der Waals surface area contributed by atoms with E-state index < -0.39 is 21.5 Å². The molecular formula is C30H32ClN3O3S2. The highest BCUT2D eigenvalue weighted by Gasteiger charge is 2.39. The first-order valence-electron chi connectivity index (χ1n) is 12.3. The lowest BCUT2D eigenvalue weighted by Gasteiger charge is -2.36. The minimum absolute atomic E-state index is 0. The van der Waals surface area contributed by atoms with Crippen LogP contribution in [-0.2, 0) is 20.1 Å². The summed E-state index contributed by atoms with van der Waals surface area (Å²) >= 11 is 2.92. The fourth-order valence-electron chi connectivity index (χ4n) is 4.17. The number of aromatic nitrogens is 2. The molecule has 3 aromatic carbocycles. The summed E-state index contributed by atoms with van der Waals surface area (Å²) in [4.78, 5) is 32.9. The molecule has 0 unspecified atom stereocenters. The molecule has 6 nitrogen and oxygen atoms in total. The molecule has 0 bridgehead atoms. The standard InChI is InChI=1S/C30H31N3O3S2.ClH/c1-29(2,37-21-26-31-18-19-32-26)28(36)33-25(27(34)35)20-38-30(22-12-6-3-7-13-22,23-14-8-4-9-15-23)24-16-10-5-11-17-24;/h3-19,25H,20-21H2,1-2H3,(H,31,32)(H,33,36)(H,34,35);1H/t25-;/m0./s1. The van der Waals surface area contributed by atoms with E-state index in [-0.39, 0.29) is 24.1 Å². The molecule has 0 spiro atoms. The predicted molar refractivity (Wildman–Crippen MR) is 162 cm³/mol. The van der Waals surface area contributed by atoms with Gasteiger partial charge >= 0.3 is 5.97 Å². The monoisotopic (exact) mass is 581 g/mol. The van der Waals surface area contributed by atoms with Gasteiger partial charge in [-0.05, 0) is 30.5 Å². The van der Waals surface area contributed by atoms with Crippen LogP contribution in [0.4, 0.5) is 0 Å². The molecule has 1 aromatic heterocycles. The average Bonchev–Trinajstić information content (AvgIpc) is 3.47. The summed E-state index contributed by atoms with van der Waals surface area (Å²) in [6, 6.07) is 29.2. The summed E-state index contributed by atoms with van der Waals surface area (Å²) in [5.74, 6) is 0.0460. The summed E-state index contributed by atoms with van der Waals surface area (Å²) in [5, 5.41) is 12.9. The van der Waals surface area contributed by atoms with Crippen molar-refractivity contribution in [1.82, 2.24) is 15.3 Å². The molecule has 1 amide bonds. The number of H-pyrrole nitrogens is 1. The second-order valence-corrected chi connectivity index (χ2v) is 12.1. The lowest BCUT2D eigenvalue weighted by atomic mass is 9.84. The van der Waals surface area contributed by atoms with E-state index in [2.05, 4.69) is 51.7 Å². The molecule has 39 heavy (non-hydrogen) atoms. The predicted octanol–water partition coefficient (Wildman–Crippen LogP) is 6.14. The number of thioether (sulfide) groups is 2. The maximum absolute atomic E-state index is 13.2. The van der Waals surface area contributed by atoms with Crippen molar-refractivity contribution in [2.45, 2.75) is 35.1 Å². The van der Waals surface area contributed by atoms with Crippen LogP contribution >= 0.6 is 35.9 Å². The minimum Gasteiger partial charge on any atom is -0.480 e. The fourth-order valence-corrected chi connectivity index (χ4v) is 6.57. The summed E-state index contributed by atoms with van der Waals surface area (Å²) in [5.41, 5.74) is 3.10. The third kappa shape index (κ3) is 7.26. The van der Waals surface area contributed by atoms with Gasteiger partial charge in [-0.1, -0.05) is 91.0 Å². The quantitative estimate of drug-likeness (QED) is 0.174. The average molecular weight is 582 g/mol. The molecule has 0 aliphatic rings. The number of nitrogens with one attached hydrogen (secondary N) is 2. The van der Waals surface area contributed by atoms with Crippen LogP contribution in [0.5, 0.6) is 0 Å². The second kappa shape index (κ2) is 13.7. The van der Waals surface area contributed by atoms with E-state index in [0.29, 0.717) is 5.75 Å². The second-order valence-electron chi connectivity index (χ2n) is 9.29. The number of benzene rings is 3. The maximum Gasteiger partial charge on any atom is 0.327 e. The first-order chi connectivity index (χ1) is 18.3. The molecule has 0 saturated carbocycles. The molecule has 4 aromatic rings. The molecule has 0 aliphatic carbocycles. The summed E-state index contributed by atoms with van der Waals surface area (Å²) < 4.78 is -1.52. The Morgan fingerprint density at radius 1 is 0.872 bits per heavy atom. The first kappa shape index (κ1) is 30.3. The van der Waals surface area contributed by atoms with Crippen molar-refractivity contribution in [1.29, 1.82) is 0 Å². The Labute approximate surface area is 243 Å². The molecular weight excluding hydrogens is 550 g/mol. The maximum atomic E-state index is 13.2. The number of carbonyl (C=O) groups excluding carboxylic acids is 1. The zero-order valence-corrected chi connectivity index (χ0v) is 24.2. The van der Waals surface area contributed by atoms with Gasteiger partial charge in [-0.3, -0.25) is 4.79 Å². The topological polar surface area (TPSA) is 95.1 Å². The van der Waals surface area contributed by atoms with Crippen LogP contribution in [0.25, 0.3) is 0 Å². The van der Waals surface area contributed by atoms with Gasteiger partial charge in [0.2, 0.25) is 5.91 Å². The first-order valence-corrected chi connectivity index (χ1v) is 14.3. The number of hydrogen-bond acceptors (Lipinski definition) is 5. The van der Waals surface area contributed by atoms with Crippen molar-refractivity contribution in [3.63, 3.8) is 0 Å². The van der Waals surface area contributed by atoms with E-state index in [4.69, 9.17) is 0 Å². The number of amides is 1. The van der Waals surface area contributed by atoms with Gasteiger partial charge in [-0.2, -0.15) is 0 Å². The lowest BCUT2D eigenvalue weighted by Crippen LogP contribution is -2.50. The molecule has 3 N–H and O–H groups in total. The van der Waals surface area contributed by atoms with E-state index in [9.17, 15) is 14.7 Å². The third-order valence-electron chi connectivity index (χ3n) is 6.28. The van der Waals surface area contributed by atoms with Crippen LogP contribution < -0.4 is 5.32 Å². The van der Waals surface area contributed by atoms with Gasteiger partial charge in [-0.15, -0.1) is 35.9 Å². The zero-order chi connectivity index (χ0) is 27.0. The van der Waals surface area contributed by atoms with Crippen LogP contribution in [0.1, 0.15) is 36.4 Å². The fraction of sp³-hybridized carbons (Fsp3) is 0.233. The normalized spacial score (nSPS) is 12.3. The highest BCUT2D eigenvalue weighted by Crippen LogP contribution is 2.48. The number of halogens is 1. The Balaban J connectivity index is 0.00000420. The molecule has 0 saturated heterocycles. The summed E-state index contributed by atoms with van der Waals surface area (Å²) in [7, 11) is 0. The Bertz CT molecular complexity index is 1220. The molecule has 0 radical (unpaired) electrons. The highest BCUT2D eigenvalue weighted by molar-refractivity contribution is 8.01. The number of imidazole rings is 1. The molecule has 4 rings (SSSR count). The van der Waals surface area contributed by atoms with Crippen molar-refractivity contribution in [3.8, 4) is 0 Å². The lowest BCUT2D eigenvalue weighted by molar-refractivity contribution is -0.141. The smallest absolute Gasteiger partial charge is 0.327 e. The molecule has 0 aliphatic heterocycles. The molecule has 1 atom stereocenters. The Kier molecular flexibility index (Phi) is 10.7. The number of carbonyl (C=O) groups is 2.